The molecule has 0 fully saturated rings. The van der Waals surface area contributed by atoms with E-state index in [1.54, 1.807) is 6.92 Å². The number of alkyl halides is 2. The van der Waals surface area contributed by atoms with Crippen molar-refractivity contribution in [3.05, 3.63) is 28.0 Å². The number of nitrogens with zero attached hydrogens (tertiary/aromatic N) is 1. The number of esters is 1. The zero-order valence-electron chi connectivity index (χ0n) is 9.04. The van der Waals surface area contributed by atoms with E-state index in [0.29, 0.717) is 0 Å². The fourth-order valence-electron chi connectivity index (χ4n) is 1.23. The number of rotatable bonds is 4. The van der Waals surface area contributed by atoms with Crippen molar-refractivity contribution >= 4 is 17.6 Å². The van der Waals surface area contributed by atoms with Gasteiger partial charge in [-0.05, 0) is 18.6 Å². The third-order valence-electron chi connectivity index (χ3n) is 2.01. The Balaban J connectivity index is 3.23. The van der Waals surface area contributed by atoms with Gasteiger partial charge < -0.3 is 10.5 Å². The number of carbonyl (C=O) groups is 1. The average molecular weight is 265 g/mol. The summed E-state index contributed by atoms with van der Waals surface area (Å²) in [5, 5.41) is -0.416. The molecule has 0 aliphatic carbocycles. The molecule has 0 amide bonds. The maximum Gasteiger partial charge on any atom is 0.357 e. The van der Waals surface area contributed by atoms with Crippen LogP contribution in [0.1, 0.15) is 35.0 Å². The van der Waals surface area contributed by atoms with Gasteiger partial charge >= 0.3 is 5.97 Å². The largest absolute Gasteiger partial charge is 0.461 e. The van der Waals surface area contributed by atoms with Crippen molar-refractivity contribution in [2.45, 2.75) is 19.9 Å². The van der Waals surface area contributed by atoms with E-state index in [1.807, 2.05) is 0 Å². The Morgan fingerprint density at radius 2 is 2.29 bits per heavy atom. The van der Waals surface area contributed by atoms with Gasteiger partial charge in [0, 0.05) is 6.54 Å². The second kappa shape index (κ2) is 5.88. The molecule has 0 saturated heterocycles. The number of aromatic nitrogens is 1. The maximum absolute atomic E-state index is 12.5. The first-order valence-corrected chi connectivity index (χ1v) is 5.23. The van der Waals surface area contributed by atoms with Gasteiger partial charge in [0.05, 0.1) is 12.2 Å². The molecular formula is C10H11ClF2N2O2. The zero-order valence-corrected chi connectivity index (χ0v) is 9.80. The normalized spacial score (nSPS) is 10.7. The number of carbonyl (C=O) groups excluding carboxylic acids is 1. The molecule has 0 aliphatic heterocycles. The van der Waals surface area contributed by atoms with Crippen molar-refractivity contribution in [1.82, 2.24) is 4.98 Å². The molecule has 0 saturated carbocycles. The highest BCUT2D eigenvalue weighted by molar-refractivity contribution is 6.30. The van der Waals surface area contributed by atoms with Crippen LogP contribution in [0.15, 0.2) is 6.07 Å². The highest BCUT2D eigenvalue weighted by Gasteiger charge is 2.20. The van der Waals surface area contributed by atoms with Gasteiger partial charge in [0.1, 0.15) is 5.15 Å². The van der Waals surface area contributed by atoms with Crippen LogP contribution < -0.4 is 5.73 Å². The first-order chi connectivity index (χ1) is 8.01. The summed E-state index contributed by atoms with van der Waals surface area (Å²) >= 11 is 5.56. The molecule has 1 aromatic rings. The summed E-state index contributed by atoms with van der Waals surface area (Å²) in [6, 6.07) is 1.08. The van der Waals surface area contributed by atoms with Gasteiger partial charge in [0.25, 0.3) is 6.43 Å². The highest BCUT2D eigenvalue weighted by Crippen LogP contribution is 2.27. The molecule has 4 nitrogen and oxygen atoms in total. The summed E-state index contributed by atoms with van der Waals surface area (Å²) in [7, 11) is 0. The van der Waals surface area contributed by atoms with Gasteiger partial charge in [-0.1, -0.05) is 11.6 Å². The Labute approximate surface area is 102 Å². The Kier molecular flexibility index (Phi) is 4.77. The smallest absolute Gasteiger partial charge is 0.357 e. The fourth-order valence-corrected chi connectivity index (χ4v) is 1.46. The lowest BCUT2D eigenvalue weighted by Gasteiger charge is -2.10. The quantitative estimate of drug-likeness (QED) is 0.669. The Morgan fingerprint density at radius 1 is 1.65 bits per heavy atom. The Hall–Kier alpha value is -1.27. The number of nitrogens with two attached hydrogens (primary N) is 1. The van der Waals surface area contributed by atoms with E-state index in [2.05, 4.69) is 4.98 Å². The second-order valence-electron chi connectivity index (χ2n) is 3.10. The van der Waals surface area contributed by atoms with E-state index >= 15 is 0 Å². The highest BCUT2D eigenvalue weighted by atomic mass is 35.5. The van der Waals surface area contributed by atoms with Gasteiger partial charge in [-0.25, -0.2) is 18.6 Å². The van der Waals surface area contributed by atoms with Crippen LogP contribution in [0.5, 0.6) is 0 Å². The number of halogens is 3. The van der Waals surface area contributed by atoms with E-state index in [4.69, 9.17) is 22.1 Å². The minimum absolute atomic E-state index is 0.0992. The zero-order chi connectivity index (χ0) is 13.0. The summed E-state index contributed by atoms with van der Waals surface area (Å²) in [5.74, 6) is -0.726. The molecule has 0 unspecified atom stereocenters. The molecule has 2 N–H and O–H groups in total. The van der Waals surface area contributed by atoms with E-state index in [1.165, 1.54) is 0 Å². The SMILES string of the molecule is CCOC(=O)c1nc(Cl)c(C(F)F)cc1CN. The van der Waals surface area contributed by atoms with Crippen molar-refractivity contribution in [2.75, 3.05) is 6.61 Å². The second-order valence-corrected chi connectivity index (χ2v) is 3.46. The third-order valence-corrected chi connectivity index (χ3v) is 2.31. The van der Waals surface area contributed by atoms with Crippen LogP contribution in [0.4, 0.5) is 8.78 Å². The summed E-state index contributed by atoms with van der Waals surface area (Å²) in [4.78, 5) is 15.1. The summed E-state index contributed by atoms with van der Waals surface area (Å²) < 4.78 is 29.8. The minimum atomic E-state index is -2.77. The van der Waals surface area contributed by atoms with Crippen LogP contribution in [0, 0.1) is 0 Å². The predicted molar refractivity (Wildman–Crippen MR) is 58.1 cm³/mol. The van der Waals surface area contributed by atoms with Crippen molar-refractivity contribution in [1.29, 1.82) is 0 Å². The first kappa shape index (κ1) is 13.8. The van der Waals surface area contributed by atoms with Crippen molar-refractivity contribution < 1.29 is 18.3 Å². The molecule has 0 radical (unpaired) electrons. The summed E-state index contributed by atoms with van der Waals surface area (Å²) in [6.07, 6.45) is -2.77. The molecule has 1 heterocycles. The number of ether oxygens (including phenoxy) is 1. The van der Waals surface area contributed by atoms with Crippen LogP contribution in [-0.2, 0) is 11.3 Å². The van der Waals surface area contributed by atoms with Gasteiger partial charge in [0.15, 0.2) is 5.69 Å². The molecule has 1 aromatic heterocycles. The van der Waals surface area contributed by atoms with Crippen molar-refractivity contribution in [2.24, 2.45) is 5.73 Å². The number of hydrogen-bond donors (Lipinski definition) is 1. The maximum atomic E-state index is 12.5. The van der Waals surface area contributed by atoms with Crippen molar-refractivity contribution in [3.63, 3.8) is 0 Å². The lowest BCUT2D eigenvalue weighted by atomic mass is 10.1. The van der Waals surface area contributed by atoms with Gasteiger partial charge in [-0.15, -0.1) is 0 Å². The van der Waals surface area contributed by atoms with Crippen LogP contribution in [0.2, 0.25) is 5.15 Å². The molecular weight excluding hydrogens is 254 g/mol. The molecule has 0 aliphatic rings. The lowest BCUT2D eigenvalue weighted by Crippen LogP contribution is -2.14. The van der Waals surface area contributed by atoms with Gasteiger partial charge in [0.2, 0.25) is 0 Å². The standard InChI is InChI=1S/C10H11ClF2N2O2/c1-2-17-10(16)7-5(4-14)3-6(9(12)13)8(11)15-7/h3,9H,2,4,14H2,1H3. The fraction of sp³-hybridized carbons (Fsp3) is 0.400. The summed E-state index contributed by atoms with van der Waals surface area (Å²) in [6.45, 7) is 1.67. The van der Waals surface area contributed by atoms with E-state index < -0.39 is 23.1 Å². The monoisotopic (exact) mass is 264 g/mol. The average Bonchev–Trinajstić information content (AvgIpc) is 2.28. The lowest BCUT2D eigenvalue weighted by molar-refractivity contribution is 0.0517. The van der Waals surface area contributed by atoms with Crippen LogP contribution >= 0.6 is 11.6 Å². The molecule has 17 heavy (non-hydrogen) atoms. The Morgan fingerprint density at radius 3 is 2.76 bits per heavy atom. The summed E-state index contributed by atoms with van der Waals surface area (Å²) in [5.41, 5.74) is 4.99. The van der Waals surface area contributed by atoms with Crippen LogP contribution in [0.3, 0.4) is 0 Å². The van der Waals surface area contributed by atoms with Gasteiger partial charge in [-0.3, -0.25) is 0 Å². The molecule has 7 heteroatoms. The van der Waals surface area contributed by atoms with Crippen LogP contribution in [-0.4, -0.2) is 17.6 Å². The van der Waals surface area contributed by atoms with Crippen molar-refractivity contribution in [3.8, 4) is 0 Å². The minimum Gasteiger partial charge on any atom is -0.461 e. The molecule has 0 spiro atoms. The van der Waals surface area contributed by atoms with Crippen LogP contribution in [0.25, 0.3) is 0 Å². The molecule has 0 aromatic carbocycles. The number of pyridine rings is 1. The predicted octanol–water partition coefficient (Wildman–Crippen LogP) is 2.31. The third kappa shape index (κ3) is 3.10. The first-order valence-electron chi connectivity index (χ1n) is 4.85. The molecule has 94 valence electrons. The van der Waals surface area contributed by atoms with E-state index in [-0.39, 0.29) is 24.4 Å². The molecule has 0 atom stereocenters. The topological polar surface area (TPSA) is 65.2 Å². The molecule has 0 bridgehead atoms. The molecule has 1 rings (SSSR count). The van der Waals surface area contributed by atoms with E-state index in [9.17, 15) is 13.6 Å². The Bertz CT molecular complexity index is 427. The van der Waals surface area contributed by atoms with E-state index in [0.717, 1.165) is 6.07 Å². The number of hydrogen-bond acceptors (Lipinski definition) is 4. The van der Waals surface area contributed by atoms with Gasteiger partial charge in [-0.2, -0.15) is 0 Å².